The van der Waals surface area contributed by atoms with Crippen molar-refractivity contribution < 1.29 is 33.3 Å². The fourth-order valence-corrected chi connectivity index (χ4v) is 6.27. The minimum Gasteiger partial charge on any atom is -0.497 e. The van der Waals surface area contributed by atoms with Gasteiger partial charge < -0.3 is 24.3 Å². The Morgan fingerprint density at radius 2 is 1.73 bits per heavy atom. The Morgan fingerprint density at radius 1 is 1.00 bits per heavy atom. The van der Waals surface area contributed by atoms with Gasteiger partial charge in [0.15, 0.2) is 5.75 Å². The Balaban J connectivity index is 1.48. The van der Waals surface area contributed by atoms with E-state index in [4.69, 9.17) is 30.5 Å². The number of ketones is 2. The third-order valence-corrected chi connectivity index (χ3v) is 8.34. The molecule has 1 aromatic heterocycles. The van der Waals surface area contributed by atoms with E-state index in [0.29, 0.717) is 28.3 Å². The molecule has 3 aromatic rings. The Kier molecular flexibility index (Phi) is 6.10. The predicted octanol–water partition coefficient (Wildman–Crippen LogP) is 4.24. The van der Waals surface area contributed by atoms with Gasteiger partial charge in [-0.25, -0.2) is 0 Å². The first-order valence-electron chi connectivity index (χ1n) is 12.7. The largest absolute Gasteiger partial charge is 0.497 e. The third kappa shape index (κ3) is 3.55. The monoisotopic (exact) mass is 563 g/mol. The lowest BCUT2D eigenvalue weighted by Gasteiger charge is -2.41. The van der Waals surface area contributed by atoms with Gasteiger partial charge in [-0.3, -0.25) is 19.5 Å². The smallest absolute Gasteiger partial charge is 0.236 e. The summed E-state index contributed by atoms with van der Waals surface area (Å²) >= 11 is 6.56. The standard InChI is InChI=1S/C29H26ClN3O7/c1-13-9-18-22(27(35)29(13)28(36)23-19(38-3)11-20(39-4)24(30)26(23)40-29)16(10-21(34)32-18)17-12-31-33-25(17)14-5-7-15(37-2)8-6-14/h5-8,11-13,16H,9-10H2,1-4H3,(H,31,33)(H,32,34)/t13-,16?,29+/m1/s1. The summed E-state index contributed by atoms with van der Waals surface area (Å²) in [5.74, 6) is -1.38. The molecule has 2 aromatic carbocycles. The molecule has 11 heteroatoms. The fourth-order valence-electron chi connectivity index (χ4n) is 6.00. The maximum atomic E-state index is 14.6. The molecule has 206 valence electrons. The van der Waals surface area contributed by atoms with Crippen LogP contribution < -0.4 is 24.3 Å². The number of carbonyl (C=O) groups excluding carboxylic acids is 3. The van der Waals surface area contributed by atoms with E-state index in [-0.39, 0.29) is 46.6 Å². The number of fused-ring (bicyclic) bond motifs is 1. The summed E-state index contributed by atoms with van der Waals surface area (Å²) in [4.78, 5) is 41.6. The Labute approximate surface area is 234 Å². The van der Waals surface area contributed by atoms with Crippen molar-refractivity contribution in [1.82, 2.24) is 15.5 Å². The molecule has 3 atom stereocenters. The molecule has 0 saturated carbocycles. The van der Waals surface area contributed by atoms with Crippen LogP contribution in [0, 0.1) is 5.92 Å². The lowest BCUT2D eigenvalue weighted by atomic mass is 9.66. The molecular formula is C29H26ClN3O7. The van der Waals surface area contributed by atoms with Crippen molar-refractivity contribution in [2.24, 2.45) is 5.92 Å². The van der Waals surface area contributed by atoms with Crippen LogP contribution in [0.2, 0.25) is 5.02 Å². The fraction of sp³-hybridized carbons (Fsp3) is 0.310. The minimum absolute atomic E-state index is 0.00321. The van der Waals surface area contributed by atoms with Crippen LogP contribution >= 0.6 is 11.6 Å². The van der Waals surface area contributed by atoms with Crippen molar-refractivity contribution in [1.29, 1.82) is 0 Å². The molecule has 0 saturated heterocycles. The molecule has 0 fully saturated rings. The van der Waals surface area contributed by atoms with Crippen molar-refractivity contribution in [3.63, 3.8) is 0 Å². The van der Waals surface area contributed by atoms with Gasteiger partial charge in [-0.15, -0.1) is 0 Å². The highest BCUT2D eigenvalue weighted by Gasteiger charge is 2.63. The second-order valence-corrected chi connectivity index (χ2v) is 10.4. The van der Waals surface area contributed by atoms with Crippen LogP contribution in [0.3, 0.4) is 0 Å². The molecule has 3 aliphatic rings. The van der Waals surface area contributed by atoms with Gasteiger partial charge in [0.25, 0.3) is 0 Å². The lowest BCUT2D eigenvalue weighted by Crippen LogP contribution is -2.59. The number of nitrogens with one attached hydrogen (secondary N) is 2. The van der Waals surface area contributed by atoms with Crippen LogP contribution in [0.4, 0.5) is 0 Å². The number of aromatic nitrogens is 2. The van der Waals surface area contributed by atoms with Crippen LogP contribution in [0.1, 0.15) is 41.6 Å². The topological polar surface area (TPSA) is 129 Å². The van der Waals surface area contributed by atoms with E-state index in [1.807, 2.05) is 24.3 Å². The summed E-state index contributed by atoms with van der Waals surface area (Å²) in [6.45, 7) is 1.75. The SMILES string of the molecule is COc1ccc(-c2[nH]ncc2C2CC(=O)NC3=C2C(=O)[C@@]2(Oc4c(Cl)c(OC)cc(OC)c4C2=O)[C@H](C)C3)cc1. The number of methoxy groups -OCH3 is 3. The number of rotatable bonds is 5. The zero-order valence-corrected chi connectivity index (χ0v) is 23.0. The van der Waals surface area contributed by atoms with E-state index in [0.717, 1.165) is 5.56 Å². The van der Waals surface area contributed by atoms with Crippen molar-refractivity contribution in [2.75, 3.05) is 21.3 Å². The number of hydrogen-bond donors (Lipinski definition) is 2. The highest BCUT2D eigenvalue weighted by Crippen LogP contribution is 2.55. The Hall–Kier alpha value is -4.31. The van der Waals surface area contributed by atoms with Crippen LogP contribution in [0.15, 0.2) is 47.8 Å². The van der Waals surface area contributed by atoms with Gasteiger partial charge >= 0.3 is 0 Å². The predicted molar refractivity (Wildman–Crippen MR) is 144 cm³/mol. The highest BCUT2D eigenvalue weighted by atomic mass is 35.5. The van der Waals surface area contributed by atoms with Crippen LogP contribution in [-0.2, 0) is 9.59 Å². The molecule has 1 unspecified atom stereocenters. The van der Waals surface area contributed by atoms with Gasteiger partial charge in [-0.2, -0.15) is 5.10 Å². The number of halogens is 1. The van der Waals surface area contributed by atoms with Crippen molar-refractivity contribution in [2.45, 2.75) is 31.3 Å². The second kappa shape index (κ2) is 9.41. The van der Waals surface area contributed by atoms with E-state index >= 15 is 0 Å². The van der Waals surface area contributed by atoms with Gasteiger partial charge in [0.05, 0.1) is 33.2 Å². The number of H-pyrrole nitrogens is 1. The van der Waals surface area contributed by atoms with E-state index in [1.54, 1.807) is 20.2 Å². The van der Waals surface area contributed by atoms with Crippen molar-refractivity contribution in [3.05, 3.63) is 63.9 Å². The number of aromatic amines is 1. The number of amides is 1. The maximum Gasteiger partial charge on any atom is 0.236 e. The van der Waals surface area contributed by atoms with Crippen LogP contribution in [0.5, 0.6) is 23.0 Å². The van der Waals surface area contributed by atoms with Crippen molar-refractivity contribution >= 4 is 29.1 Å². The quantitative estimate of drug-likeness (QED) is 0.441. The highest BCUT2D eigenvalue weighted by molar-refractivity contribution is 6.36. The summed E-state index contributed by atoms with van der Waals surface area (Å²) < 4.78 is 22.4. The molecule has 1 spiro atoms. The van der Waals surface area contributed by atoms with E-state index < -0.39 is 29.0 Å². The summed E-state index contributed by atoms with van der Waals surface area (Å²) in [6.07, 6.45) is 1.84. The second-order valence-electron chi connectivity index (χ2n) is 10.0. The first-order chi connectivity index (χ1) is 19.2. The van der Waals surface area contributed by atoms with Gasteiger partial charge in [0.1, 0.15) is 27.8 Å². The summed E-state index contributed by atoms with van der Waals surface area (Å²) in [7, 11) is 4.44. The Morgan fingerprint density at radius 3 is 2.40 bits per heavy atom. The number of benzene rings is 2. The van der Waals surface area contributed by atoms with Gasteiger partial charge in [-0.05, 0) is 30.7 Å². The number of nitrogens with zero attached hydrogens (tertiary/aromatic N) is 1. The van der Waals surface area contributed by atoms with Gasteiger partial charge in [0.2, 0.25) is 23.1 Å². The van der Waals surface area contributed by atoms with E-state index in [2.05, 4.69) is 15.5 Å². The molecule has 3 heterocycles. The number of ether oxygens (including phenoxy) is 4. The zero-order valence-electron chi connectivity index (χ0n) is 22.2. The average molecular weight is 564 g/mol. The number of allylic oxidation sites excluding steroid dienone is 1. The molecule has 6 rings (SSSR count). The summed E-state index contributed by atoms with van der Waals surface area (Å²) in [5, 5.41) is 10.2. The Bertz CT molecular complexity index is 1610. The summed E-state index contributed by atoms with van der Waals surface area (Å²) in [5.41, 5.74) is 1.13. The molecule has 40 heavy (non-hydrogen) atoms. The summed E-state index contributed by atoms with van der Waals surface area (Å²) in [6, 6.07) is 8.85. The molecule has 2 N–H and O–H groups in total. The number of Topliss-reactive ketones (excluding diaryl/α,β-unsaturated/α-hetero) is 2. The van der Waals surface area contributed by atoms with E-state index in [1.165, 1.54) is 20.3 Å². The molecular weight excluding hydrogens is 538 g/mol. The van der Waals surface area contributed by atoms with Gasteiger partial charge in [-0.1, -0.05) is 18.5 Å². The molecule has 0 bridgehead atoms. The van der Waals surface area contributed by atoms with Crippen LogP contribution in [-0.4, -0.2) is 54.6 Å². The maximum absolute atomic E-state index is 14.6. The average Bonchev–Trinajstić information content (AvgIpc) is 3.56. The first kappa shape index (κ1) is 25.9. The lowest BCUT2D eigenvalue weighted by molar-refractivity contribution is -0.131. The first-order valence-corrected chi connectivity index (χ1v) is 13.1. The van der Waals surface area contributed by atoms with Gasteiger partial charge in [0, 0.05) is 46.7 Å². The number of hydrogen-bond acceptors (Lipinski definition) is 8. The molecule has 2 aliphatic heterocycles. The molecule has 0 radical (unpaired) electrons. The normalized spacial score (nSPS) is 23.5. The third-order valence-electron chi connectivity index (χ3n) is 7.98. The number of carbonyl (C=O) groups is 3. The minimum atomic E-state index is -1.88. The zero-order chi connectivity index (χ0) is 28.3. The molecule has 1 aliphatic carbocycles. The van der Waals surface area contributed by atoms with E-state index in [9.17, 15) is 14.4 Å². The molecule has 10 nitrogen and oxygen atoms in total. The van der Waals surface area contributed by atoms with Crippen LogP contribution in [0.25, 0.3) is 11.3 Å². The van der Waals surface area contributed by atoms with Crippen molar-refractivity contribution in [3.8, 4) is 34.3 Å². The molecule has 1 amide bonds.